The minimum atomic E-state index is -3.69. The standard InChI is InChI=1S/C37H40N6O3S2/c1-27-20-28(2)24-42(23-27)48(45,46)33-15-9-12-30(21-33)35-31(26-43(39-35)32-13-7-4-8-14-32)22-34-36(44)38-37(47-34)41-18-16-40(17-19-41)25-29-10-5-3-6-11-29/h3-15,21-22,26-28H,16-20,23-25H2,1-2H3. The number of hydrogen-bond donors (Lipinski definition) is 0. The van der Waals surface area contributed by atoms with E-state index in [1.807, 2.05) is 54.7 Å². The van der Waals surface area contributed by atoms with Gasteiger partial charge in [0.25, 0.3) is 5.91 Å². The first-order valence-corrected chi connectivity index (χ1v) is 18.8. The first kappa shape index (κ1) is 32.5. The summed E-state index contributed by atoms with van der Waals surface area (Å²) in [5.41, 5.74) is 4.14. The summed E-state index contributed by atoms with van der Waals surface area (Å²) in [5, 5.41) is 5.64. The zero-order valence-electron chi connectivity index (χ0n) is 27.3. The maximum absolute atomic E-state index is 13.8. The molecule has 2 saturated heterocycles. The number of carbonyl (C=O) groups is 1. The topological polar surface area (TPSA) is 91.1 Å². The van der Waals surface area contributed by atoms with Crippen molar-refractivity contribution in [3.05, 3.63) is 107 Å². The van der Waals surface area contributed by atoms with Crippen LogP contribution in [0, 0.1) is 11.8 Å². The molecule has 2 fully saturated rings. The monoisotopic (exact) mass is 680 g/mol. The predicted molar refractivity (Wildman–Crippen MR) is 192 cm³/mol. The molecule has 3 aliphatic heterocycles. The zero-order chi connectivity index (χ0) is 33.3. The van der Waals surface area contributed by atoms with Gasteiger partial charge < -0.3 is 4.90 Å². The van der Waals surface area contributed by atoms with Crippen molar-refractivity contribution in [2.75, 3.05) is 39.3 Å². The first-order valence-electron chi connectivity index (χ1n) is 16.5. The van der Waals surface area contributed by atoms with Crippen LogP contribution in [0.1, 0.15) is 31.4 Å². The molecule has 0 N–H and O–H groups in total. The molecule has 0 aliphatic carbocycles. The smallest absolute Gasteiger partial charge is 0.286 e. The molecule has 1 amide bonds. The molecule has 3 aromatic carbocycles. The molecule has 0 radical (unpaired) electrons. The number of thioether (sulfide) groups is 1. The summed E-state index contributed by atoms with van der Waals surface area (Å²) in [6, 6.07) is 27.2. The Labute approximate surface area is 287 Å². The van der Waals surface area contributed by atoms with Gasteiger partial charge in [0.05, 0.1) is 15.5 Å². The summed E-state index contributed by atoms with van der Waals surface area (Å²) >= 11 is 1.39. The number of nitrogens with zero attached hydrogens (tertiary/aromatic N) is 6. The highest BCUT2D eigenvalue weighted by Crippen LogP contribution is 2.35. The Morgan fingerprint density at radius 1 is 0.875 bits per heavy atom. The summed E-state index contributed by atoms with van der Waals surface area (Å²) in [7, 11) is -3.69. The number of sulfonamides is 1. The number of aliphatic imine (C=N–C) groups is 1. The summed E-state index contributed by atoms with van der Waals surface area (Å²) < 4.78 is 31.0. The average molecular weight is 681 g/mol. The van der Waals surface area contributed by atoms with Crippen LogP contribution >= 0.6 is 11.8 Å². The Balaban J connectivity index is 1.14. The van der Waals surface area contributed by atoms with E-state index in [2.05, 4.69) is 52.9 Å². The Morgan fingerprint density at radius 2 is 1.56 bits per heavy atom. The van der Waals surface area contributed by atoms with Crippen molar-refractivity contribution >= 4 is 38.9 Å². The number of carbonyl (C=O) groups excluding carboxylic acids is 1. The van der Waals surface area contributed by atoms with E-state index in [1.54, 1.807) is 27.2 Å². The number of amidine groups is 1. The number of hydrogen-bond acceptors (Lipinski definition) is 7. The van der Waals surface area contributed by atoms with Crippen molar-refractivity contribution in [1.82, 2.24) is 23.9 Å². The molecular formula is C37H40N6O3S2. The predicted octanol–water partition coefficient (Wildman–Crippen LogP) is 5.99. The molecule has 0 bridgehead atoms. The fourth-order valence-electron chi connectivity index (χ4n) is 6.80. The number of benzene rings is 3. The van der Waals surface area contributed by atoms with Crippen molar-refractivity contribution < 1.29 is 13.2 Å². The van der Waals surface area contributed by atoms with E-state index >= 15 is 0 Å². The van der Waals surface area contributed by atoms with E-state index in [0.717, 1.165) is 50.0 Å². The van der Waals surface area contributed by atoms with Crippen molar-refractivity contribution in [3.63, 3.8) is 0 Å². The van der Waals surface area contributed by atoms with Gasteiger partial charge in [-0.3, -0.25) is 9.69 Å². The molecule has 48 heavy (non-hydrogen) atoms. The van der Waals surface area contributed by atoms with Crippen molar-refractivity contribution in [1.29, 1.82) is 0 Å². The maximum atomic E-state index is 13.8. The third-order valence-electron chi connectivity index (χ3n) is 9.13. The van der Waals surface area contributed by atoms with Crippen LogP contribution in [0.4, 0.5) is 0 Å². The van der Waals surface area contributed by atoms with Gasteiger partial charge in [0, 0.05) is 63.1 Å². The molecule has 2 atom stereocenters. The van der Waals surface area contributed by atoms with Crippen LogP contribution in [0.2, 0.25) is 0 Å². The van der Waals surface area contributed by atoms with Gasteiger partial charge in [0.1, 0.15) is 5.69 Å². The van der Waals surface area contributed by atoms with Crippen LogP contribution in [0.15, 0.2) is 106 Å². The molecule has 4 heterocycles. The van der Waals surface area contributed by atoms with E-state index in [4.69, 9.17) is 5.10 Å². The Kier molecular flexibility index (Phi) is 9.37. The largest absolute Gasteiger partial charge is 0.348 e. The minimum Gasteiger partial charge on any atom is -0.348 e. The van der Waals surface area contributed by atoms with Crippen LogP contribution in [-0.4, -0.2) is 82.6 Å². The lowest BCUT2D eigenvalue weighted by Crippen LogP contribution is -2.47. The molecule has 3 aliphatic rings. The number of para-hydroxylation sites is 1. The van der Waals surface area contributed by atoms with Gasteiger partial charge in [0.2, 0.25) is 10.0 Å². The second-order valence-electron chi connectivity index (χ2n) is 13.1. The van der Waals surface area contributed by atoms with Gasteiger partial charge in [-0.05, 0) is 65.9 Å². The van der Waals surface area contributed by atoms with Crippen LogP contribution in [-0.2, 0) is 21.4 Å². The fraction of sp³-hybridized carbons (Fsp3) is 0.324. The van der Waals surface area contributed by atoms with Gasteiger partial charge in [-0.1, -0.05) is 74.5 Å². The highest BCUT2D eigenvalue weighted by Gasteiger charge is 2.33. The van der Waals surface area contributed by atoms with E-state index in [9.17, 15) is 13.2 Å². The average Bonchev–Trinajstić information content (AvgIpc) is 3.69. The molecule has 11 heteroatoms. The number of rotatable bonds is 7. The SMILES string of the molecule is CC1CC(C)CN(S(=O)(=O)c2cccc(-c3nn(-c4ccccc4)cc3C=C3SC(N4CCN(Cc5ccccc5)CC4)=NC3=O)c2)C1. The van der Waals surface area contributed by atoms with Crippen LogP contribution in [0.3, 0.4) is 0 Å². The second kappa shape index (κ2) is 13.8. The molecule has 4 aromatic rings. The number of amides is 1. The summed E-state index contributed by atoms with van der Waals surface area (Å²) in [6.45, 7) is 9.53. The molecule has 1 aromatic heterocycles. The molecule has 9 nitrogen and oxygen atoms in total. The van der Waals surface area contributed by atoms with Gasteiger partial charge in [-0.25, -0.2) is 13.1 Å². The molecule has 0 saturated carbocycles. The highest BCUT2D eigenvalue weighted by molar-refractivity contribution is 8.18. The van der Waals surface area contributed by atoms with Gasteiger partial charge in [-0.2, -0.15) is 14.4 Å². The lowest BCUT2D eigenvalue weighted by molar-refractivity contribution is -0.113. The van der Waals surface area contributed by atoms with Crippen molar-refractivity contribution in [2.24, 2.45) is 16.8 Å². The fourth-order valence-corrected chi connectivity index (χ4v) is 9.48. The Bertz CT molecular complexity index is 1940. The molecular weight excluding hydrogens is 641 g/mol. The third kappa shape index (κ3) is 7.05. The molecule has 2 unspecified atom stereocenters. The van der Waals surface area contributed by atoms with Gasteiger partial charge in [-0.15, -0.1) is 0 Å². The lowest BCUT2D eigenvalue weighted by Gasteiger charge is -2.35. The quantitative estimate of drug-likeness (QED) is 0.222. The normalized spacial score (nSPS) is 22.0. The highest BCUT2D eigenvalue weighted by atomic mass is 32.2. The van der Waals surface area contributed by atoms with E-state index in [0.29, 0.717) is 46.7 Å². The lowest BCUT2D eigenvalue weighted by atomic mass is 9.94. The number of piperidine rings is 1. The maximum Gasteiger partial charge on any atom is 0.286 e. The van der Waals surface area contributed by atoms with E-state index in [1.165, 1.54) is 17.3 Å². The molecule has 0 spiro atoms. The van der Waals surface area contributed by atoms with Crippen LogP contribution in [0.25, 0.3) is 23.0 Å². The summed E-state index contributed by atoms with van der Waals surface area (Å²) in [6.07, 6.45) is 4.75. The van der Waals surface area contributed by atoms with Gasteiger partial charge >= 0.3 is 0 Å². The number of piperazine rings is 1. The molecule has 7 rings (SSSR count). The van der Waals surface area contributed by atoms with E-state index in [-0.39, 0.29) is 10.8 Å². The van der Waals surface area contributed by atoms with Crippen LogP contribution in [0.5, 0.6) is 0 Å². The minimum absolute atomic E-state index is 0.248. The van der Waals surface area contributed by atoms with Crippen molar-refractivity contribution in [3.8, 4) is 16.9 Å². The first-order chi connectivity index (χ1) is 23.2. The summed E-state index contributed by atoms with van der Waals surface area (Å²) in [5.74, 6) is 0.334. The Hall–Kier alpha value is -4.03. The van der Waals surface area contributed by atoms with Crippen LogP contribution < -0.4 is 0 Å². The third-order valence-corrected chi connectivity index (χ3v) is 12.0. The van der Waals surface area contributed by atoms with Gasteiger partial charge in [0.15, 0.2) is 5.17 Å². The number of aromatic nitrogens is 2. The Morgan fingerprint density at radius 3 is 2.27 bits per heavy atom. The van der Waals surface area contributed by atoms with E-state index < -0.39 is 10.0 Å². The zero-order valence-corrected chi connectivity index (χ0v) is 28.9. The molecule has 248 valence electrons. The summed E-state index contributed by atoms with van der Waals surface area (Å²) in [4.78, 5) is 23.1. The second-order valence-corrected chi connectivity index (χ2v) is 16.0. The van der Waals surface area contributed by atoms with Crippen molar-refractivity contribution in [2.45, 2.75) is 31.7 Å².